The van der Waals surface area contributed by atoms with Crippen molar-refractivity contribution < 1.29 is 8.42 Å². The van der Waals surface area contributed by atoms with Crippen LogP contribution in [0, 0.1) is 0 Å². The summed E-state index contributed by atoms with van der Waals surface area (Å²) in [6, 6.07) is 4.82. The van der Waals surface area contributed by atoms with Crippen LogP contribution in [0.5, 0.6) is 0 Å². The molecule has 2 aliphatic heterocycles. The van der Waals surface area contributed by atoms with Gasteiger partial charge in [0.1, 0.15) is 0 Å². The molecule has 188 valence electrons. The summed E-state index contributed by atoms with van der Waals surface area (Å²) < 4.78 is 24.6. The van der Waals surface area contributed by atoms with Crippen molar-refractivity contribution in [3.8, 4) is 0 Å². The minimum atomic E-state index is -3.31. The SMILES string of the molecule is CS(=O)(=O)c1ccc2nc(Nc3nc(N4CCC[C@@H](N)C4)nc(N4C[C@H](N)C[C@H](N)C4)n3)sc2c1. The molecule has 4 heterocycles. The van der Waals surface area contributed by atoms with Gasteiger partial charge < -0.3 is 27.0 Å². The number of hydrogen-bond donors (Lipinski definition) is 4. The second kappa shape index (κ2) is 9.43. The molecule has 5 rings (SSSR count). The second-order valence-electron chi connectivity index (χ2n) is 9.31. The van der Waals surface area contributed by atoms with Crippen molar-refractivity contribution in [1.82, 2.24) is 19.9 Å². The van der Waals surface area contributed by atoms with E-state index in [9.17, 15) is 8.42 Å². The number of aromatic nitrogens is 4. The van der Waals surface area contributed by atoms with E-state index in [1.165, 1.54) is 17.6 Å². The molecule has 0 spiro atoms. The summed E-state index contributed by atoms with van der Waals surface area (Å²) in [5.41, 5.74) is 19.3. The zero-order valence-electron chi connectivity index (χ0n) is 19.5. The van der Waals surface area contributed by atoms with Gasteiger partial charge in [-0.1, -0.05) is 11.3 Å². The molecule has 2 aromatic heterocycles. The molecule has 0 unspecified atom stereocenters. The smallest absolute Gasteiger partial charge is 0.235 e. The van der Waals surface area contributed by atoms with Crippen molar-refractivity contribution in [2.45, 2.75) is 42.3 Å². The van der Waals surface area contributed by atoms with Crippen LogP contribution in [0.3, 0.4) is 0 Å². The third kappa shape index (κ3) is 5.46. The first-order chi connectivity index (χ1) is 16.6. The Labute approximate surface area is 207 Å². The lowest BCUT2D eigenvalue weighted by Crippen LogP contribution is -2.53. The molecule has 2 fully saturated rings. The van der Waals surface area contributed by atoms with E-state index in [1.807, 2.05) is 4.90 Å². The Bertz CT molecular complexity index is 1320. The van der Waals surface area contributed by atoms with Crippen molar-refractivity contribution in [1.29, 1.82) is 0 Å². The molecule has 3 aromatic rings. The molecular formula is C21H30N10O2S2. The highest BCUT2D eigenvalue weighted by atomic mass is 32.2. The monoisotopic (exact) mass is 518 g/mol. The van der Waals surface area contributed by atoms with E-state index in [0.29, 0.717) is 48.1 Å². The molecule has 1 aromatic carbocycles. The van der Waals surface area contributed by atoms with Crippen LogP contribution in [-0.4, -0.2) is 78.9 Å². The van der Waals surface area contributed by atoms with Gasteiger partial charge in [-0.3, -0.25) is 5.32 Å². The van der Waals surface area contributed by atoms with Crippen LogP contribution in [0.25, 0.3) is 10.2 Å². The third-order valence-electron chi connectivity index (χ3n) is 6.16. The van der Waals surface area contributed by atoms with Crippen LogP contribution in [0.1, 0.15) is 19.3 Å². The molecule has 2 aliphatic rings. The van der Waals surface area contributed by atoms with Crippen LogP contribution in [-0.2, 0) is 9.84 Å². The van der Waals surface area contributed by atoms with Gasteiger partial charge in [-0.15, -0.1) is 0 Å². The van der Waals surface area contributed by atoms with Gasteiger partial charge >= 0.3 is 0 Å². The predicted octanol–water partition coefficient (Wildman–Crippen LogP) is 0.421. The minimum Gasteiger partial charge on any atom is -0.339 e. The summed E-state index contributed by atoms with van der Waals surface area (Å²) >= 11 is 1.33. The van der Waals surface area contributed by atoms with E-state index in [1.54, 1.807) is 18.2 Å². The molecular weight excluding hydrogens is 488 g/mol. The zero-order valence-corrected chi connectivity index (χ0v) is 21.1. The molecule has 14 heteroatoms. The van der Waals surface area contributed by atoms with Crippen molar-refractivity contribution in [2.75, 3.05) is 47.6 Å². The van der Waals surface area contributed by atoms with Gasteiger partial charge in [0.2, 0.25) is 17.8 Å². The van der Waals surface area contributed by atoms with Gasteiger partial charge in [0.25, 0.3) is 0 Å². The minimum absolute atomic E-state index is 0.0607. The molecule has 0 saturated carbocycles. The first-order valence-electron chi connectivity index (χ1n) is 11.5. The summed E-state index contributed by atoms with van der Waals surface area (Å²) in [6.07, 6.45) is 3.87. The number of anilines is 4. The Morgan fingerprint density at radius 2 is 1.66 bits per heavy atom. The molecule has 2 saturated heterocycles. The maximum atomic E-state index is 11.9. The summed E-state index contributed by atoms with van der Waals surface area (Å²) in [5.74, 6) is 1.39. The van der Waals surface area contributed by atoms with Gasteiger partial charge in [-0.25, -0.2) is 13.4 Å². The van der Waals surface area contributed by atoms with Crippen molar-refractivity contribution in [3.05, 3.63) is 18.2 Å². The van der Waals surface area contributed by atoms with E-state index in [2.05, 4.69) is 25.2 Å². The number of nitrogens with one attached hydrogen (secondary N) is 1. The molecule has 0 radical (unpaired) electrons. The normalized spacial score (nSPS) is 23.6. The fraction of sp³-hybridized carbons (Fsp3) is 0.524. The molecule has 3 atom stereocenters. The molecule has 7 N–H and O–H groups in total. The number of rotatable bonds is 5. The van der Waals surface area contributed by atoms with Gasteiger partial charge in [-0.2, -0.15) is 15.0 Å². The lowest BCUT2D eigenvalue weighted by Gasteiger charge is -2.35. The largest absolute Gasteiger partial charge is 0.339 e. The number of sulfone groups is 1. The van der Waals surface area contributed by atoms with E-state index in [0.717, 1.165) is 30.5 Å². The van der Waals surface area contributed by atoms with Gasteiger partial charge in [0.05, 0.1) is 15.1 Å². The standard InChI is InChI=1S/C21H30N10O2S2/c1-35(32,33)15-4-5-16-17(8-15)34-21(25-16)28-18-26-19(30-6-2-3-12(22)9-30)29-20(27-18)31-10-13(23)7-14(24)11-31/h4-5,8,12-14H,2-3,6-7,9-11,22-24H2,1H3,(H,25,26,27,28,29)/t12-,13-,14+/m1/s1. The fourth-order valence-electron chi connectivity index (χ4n) is 4.51. The highest BCUT2D eigenvalue weighted by Crippen LogP contribution is 2.30. The predicted molar refractivity (Wildman–Crippen MR) is 138 cm³/mol. The third-order valence-corrected chi connectivity index (χ3v) is 8.20. The first-order valence-corrected chi connectivity index (χ1v) is 14.3. The Hall–Kier alpha value is -2.65. The molecule has 12 nitrogen and oxygen atoms in total. The van der Waals surface area contributed by atoms with Gasteiger partial charge in [0, 0.05) is 50.6 Å². The average molecular weight is 519 g/mol. The number of benzene rings is 1. The van der Waals surface area contributed by atoms with Crippen LogP contribution in [0.4, 0.5) is 23.0 Å². The zero-order chi connectivity index (χ0) is 24.7. The Balaban J connectivity index is 1.49. The number of hydrogen-bond acceptors (Lipinski definition) is 13. The number of thiazole rings is 1. The van der Waals surface area contributed by atoms with Crippen molar-refractivity contribution in [2.24, 2.45) is 17.2 Å². The summed E-state index contributed by atoms with van der Waals surface area (Å²) in [6.45, 7) is 2.68. The van der Waals surface area contributed by atoms with Crippen molar-refractivity contribution >= 4 is 54.4 Å². The van der Waals surface area contributed by atoms with Crippen LogP contribution < -0.4 is 32.3 Å². The Kier molecular flexibility index (Phi) is 6.48. The van der Waals surface area contributed by atoms with E-state index in [4.69, 9.17) is 22.2 Å². The topological polar surface area (TPSA) is 182 Å². The first kappa shape index (κ1) is 24.1. The van der Waals surface area contributed by atoms with E-state index in [-0.39, 0.29) is 23.0 Å². The Morgan fingerprint density at radius 3 is 2.34 bits per heavy atom. The lowest BCUT2D eigenvalue weighted by atomic mass is 10.0. The van der Waals surface area contributed by atoms with E-state index < -0.39 is 9.84 Å². The van der Waals surface area contributed by atoms with Crippen LogP contribution in [0.15, 0.2) is 23.1 Å². The molecule has 35 heavy (non-hydrogen) atoms. The van der Waals surface area contributed by atoms with Gasteiger partial charge in [0.15, 0.2) is 15.0 Å². The average Bonchev–Trinajstić information content (AvgIpc) is 3.19. The quantitative estimate of drug-likeness (QED) is 0.366. The van der Waals surface area contributed by atoms with Gasteiger partial charge in [-0.05, 0) is 37.5 Å². The molecule has 0 aliphatic carbocycles. The summed E-state index contributed by atoms with van der Waals surface area (Å²) in [7, 11) is -3.31. The number of nitrogens with zero attached hydrogens (tertiary/aromatic N) is 6. The molecule has 0 amide bonds. The highest BCUT2D eigenvalue weighted by Gasteiger charge is 2.27. The van der Waals surface area contributed by atoms with E-state index >= 15 is 0 Å². The van der Waals surface area contributed by atoms with Crippen LogP contribution in [0.2, 0.25) is 0 Å². The summed E-state index contributed by atoms with van der Waals surface area (Å²) in [4.78, 5) is 23.0. The maximum Gasteiger partial charge on any atom is 0.235 e. The van der Waals surface area contributed by atoms with Crippen LogP contribution >= 0.6 is 11.3 Å². The maximum absolute atomic E-state index is 11.9. The number of piperidine rings is 2. The number of fused-ring (bicyclic) bond motifs is 1. The van der Waals surface area contributed by atoms with Crippen molar-refractivity contribution in [3.63, 3.8) is 0 Å². The lowest BCUT2D eigenvalue weighted by molar-refractivity contribution is 0.446. The number of nitrogens with two attached hydrogens (primary N) is 3. The Morgan fingerprint density at radius 1 is 0.971 bits per heavy atom. The molecule has 0 bridgehead atoms. The highest BCUT2D eigenvalue weighted by molar-refractivity contribution is 7.90. The second-order valence-corrected chi connectivity index (χ2v) is 12.4. The summed E-state index contributed by atoms with van der Waals surface area (Å²) in [5, 5.41) is 3.74. The fourth-order valence-corrected chi connectivity index (χ4v) is 6.13.